The molecular formula is C15H18N2OS. The molecule has 1 fully saturated rings. The average molecular weight is 274 g/mol. The molecular weight excluding hydrogens is 256 g/mol. The number of nitrogens with zero attached hydrogens (tertiary/aromatic N) is 2. The van der Waals surface area contributed by atoms with Crippen molar-refractivity contribution in [3.63, 3.8) is 0 Å². The molecule has 0 saturated carbocycles. The average Bonchev–Trinajstić information content (AvgIpc) is 2.87. The van der Waals surface area contributed by atoms with Crippen LogP contribution < -0.4 is 0 Å². The van der Waals surface area contributed by atoms with Gasteiger partial charge in [-0.1, -0.05) is 6.07 Å². The summed E-state index contributed by atoms with van der Waals surface area (Å²) in [6, 6.07) is 10.6. The van der Waals surface area contributed by atoms with E-state index in [0.717, 1.165) is 36.1 Å². The number of furan rings is 1. The first kappa shape index (κ1) is 12.8. The van der Waals surface area contributed by atoms with E-state index in [1.807, 2.05) is 43.1 Å². The zero-order valence-electron chi connectivity index (χ0n) is 11.1. The lowest BCUT2D eigenvalue weighted by atomic mass is 10.2. The largest absolute Gasteiger partial charge is 0.465 e. The second-order valence-corrected chi connectivity index (χ2v) is 5.98. The molecule has 1 aliphatic heterocycles. The quantitative estimate of drug-likeness (QED) is 0.859. The lowest BCUT2D eigenvalue weighted by Crippen LogP contribution is -2.35. The Balaban J connectivity index is 1.77. The van der Waals surface area contributed by atoms with Crippen molar-refractivity contribution in [3.05, 3.63) is 53.7 Å². The van der Waals surface area contributed by atoms with Crippen LogP contribution in [0.25, 0.3) is 0 Å². The van der Waals surface area contributed by atoms with E-state index in [0.29, 0.717) is 6.04 Å². The highest BCUT2D eigenvalue weighted by Gasteiger charge is 2.26. The maximum atomic E-state index is 5.82. The Kier molecular flexibility index (Phi) is 3.89. The Morgan fingerprint density at radius 2 is 2.32 bits per heavy atom. The highest BCUT2D eigenvalue weighted by atomic mass is 32.2. The van der Waals surface area contributed by atoms with E-state index in [1.54, 1.807) is 0 Å². The van der Waals surface area contributed by atoms with Crippen molar-refractivity contribution in [3.8, 4) is 0 Å². The molecule has 0 aromatic carbocycles. The standard InChI is InChI=1S/C15H18N2OS/c1-12-5-6-15(18-12)14-11-19-9-8-17(14)10-13-4-2-3-7-16-13/h2-7,14H,8-11H2,1H3. The lowest BCUT2D eigenvalue weighted by molar-refractivity contribution is 0.185. The minimum absolute atomic E-state index is 0.370. The van der Waals surface area contributed by atoms with Gasteiger partial charge in [0, 0.05) is 30.8 Å². The van der Waals surface area contributed by atoms with E-state index in [2.05, 4.69) is 22.0 Å². The van der Waals surface area contributed by atoms with Crippen molar-refractivity contribution in [1.82, 2.24) is 9.88 Å². The van der Waals surface area contributed by atoms with E-state index in [4.69, 9.17) is 4.42 Å². The van der Waals surface area contributed by atoms with Crippen molar-refractivity contribution < 1.29 is 4.42 Å². The maximum Gasteiger partial charge on any atom is 0.122 e. The number of hydrogen-bond acceptors (Lipinski definition) is 4. The van der Waals surface area contributed by atoms with Crippen LogP contribution in [0, 0.1) is 6.92 Å². The molecule has 3 nitrogen and oxygen atoms in total. The van der Waals surface area contributed by atoms with Crippen molar-refractivity contribution in [1.29, 1.82) is 0 Å². The Labute approximate surface area is 118 Å². The second kappa shape index (κ2) is 5.80. The predicted molar refractivity (Wildman–Crippen MR) is 78.2 cm³/mol. The molecule has 4 heteroatoms. The molecule has 0 bridgehead atoms. The second-order valence-electron chi connectivity index (χ2n) is 4.83. The molecule has 2 aromatic rings. The van der Waals surface area contributed by atoms with Gasteiger partial charge < -0.3 is 4.42 Å². The van der Waals surface area contributed by atoms with Crippen LogP contribution in [0.3, 0.4) is 0 Å². The van der Waals surface area contributed by atoms with Gasteiger partial charge in [-0.25, -0.2) is 0 Å². The summed E-state index contributed by atoms with van der Waals surface area (Å²) < 4.78 is 5.82. The van der Waals surface area contributed by atoms with Crippen LogP contribution in [0.5, 0.6) is 0 Å². The highest BCUT2D eigenvalue weighted by Crippen LogP contribution is 2.31. The minimum Gasteiger partial charge on any atom is -0.465 e. The molecule has 2 aromatic heterocycles. The van der Waals surface area contributed by atoms with Crippen LogP contribution in [0.2, 0.25) is 0 Å². The molecule has 0 aliphatic carbocycles. The molecule has 100 valence electrons. The third-order valence-corrected chi connectivity index (χ3v) is 4.44. The van der Waals surface area contributed by atoms with Crippen molar-refractivity contribution in [2.75, 3.05) is 18.1 Å². The molecule has 0 amide bonds. The highest BCUT2D eigenvalue weighted by molar-refractivity contribution is 7.99. The molecule has 1 atom stereocenters. The smallest absolute Gasteiger partial charge is 0.122 e. The Bertz CT molecular complexity index is 526. The van der Waals surface area contributed by atoms with E-state index in [9.17, 15) is 0 Å². The lowest BCUT2D eigenvalue weighted by Gasteiger charge is -2.33. The van der Waals surface area contributed by atoms with E-state index < -0.39 is 0 Å². The molecule has 0 spiro atoms. The van der Waals surface area contributed by atoms with Gasteiger partial charge in [-0.05, 0) is 31.2 Å². The van der Waals surface area contributed by atoms with Crippen LogP contribution in [0.1, 0.15) is 23.3 Å². The summed E-state index contributed by atoms with van der Waals surface area (Å²) in [6.45, 7) is 3.99. The van der Waals surface area contributed by atoms with Gasteiger partial charge in [0.05, 0.1) is 11.7 Å². The van der Waals surface area contributed by atoms with Crippen molar-refractivity contribution in [2.24, 2.45) is 0 Å². The fourth-order valence-electron chi connectivity index (χ4n) is 2.42. The normalized spacial score (nSPS) is 20.6. The molecule has 3 heterocycles. The van der Waals surface area contributed by atoms with Crippen LogP contribution in [0.15, 0.2) is 40.9 Å². The number of pyridine rings is 1. The summed E-state index contributed by atoms with van der Waals surface area (Å²) in [5.74, 6) is 4.35. The van der Waals surface area contributed by atoms with Gasteiger partial charge in [0.1, 0.15) is 11.5 Å². The van der Waals surface area contributed by atoms with Crippen molar-refractivity contribution >= 4 is 11.8 Å². The van der Waals surface area contributed by atoms with Gasteiger partial charge in [-0.3, -0.25) is 9.88 Å². The first-order valence-electron chi connectivity index (χ1n) is 6.61. The summed E-state index contributed by atoms with van der Waals surface area (Å²) in [4.78, 5) is 6.90. The first-order valence-corrected chi connectivity index (χ1v) is 7.76. The Hall–Kier alpha value is -1.26. The summed E-state index contributed by atoms with van der Waals surface area (Å²) in [7, 11) is 0. The Morgan fingerprint density at radius 1 is 1.37 bits per heavy atom. The fraction of sp³-hybridized carbons (Fsp3) is 0.400. The third-order valence-electron chi connectivity index (χ3n) is 3.42. The molecule has 0 radical (unpaired) electrons. The molecule has 1 unspecified atom stereocenters. The summed E-state index contributed by atoms with van der Waals surface area (Å²) in [5, 5.41) is 0. The van der Waals surface area contributed by atoms with E-state index in [-0.39, 0.29) is 0 Å². The summed E-state index contributed by atoms with van der Waals surface area (Å²) >= 11 is 2.00. The first-order chi connectivity index (χ1) is 9.33. The SMILES string of the molecule is Cc1ccc(C2CSCCN2Cc2ccccn2)o1. The van der Waals surface area contributed by atoms with Crippen LogP contribution in [0.4, 0.5) is 0 Å². The molecule has 0 N–H and O–H groups in total. The maximum absolute atomic E-state index is 5.82. The minimum atomic E-state index is 0.370. The summed E-state index contributed by atoms with van der Waals surface area (Å²) in [6.07, 6.45) is 1.86. The zero-order valence-corrected chi connectivity index (χ0v) is 11.9. The van der Waals surface area contributed by atoms with Gasteiger partial charge in [0.25, 0.3) is 0 Å². The fourth-order valence-corrected chi connectivity index (χ4v) is 3.55. The molecule has 1 aliphatic rings. The van der Waals surface area contributed by atoms with Gasteiger partial charge in [0.15, 0.2) is 0 Å². The number of rotatable bonds is 3. The molecule has 1 saturated heterocycles. The van der Waals surface area contributed by atoms with E-state index in [1.165, 1.54) is 5.75 Å². The zero-order chi connectivity index (χ0) is 13.1. The number of aromatic nitrogens is 1. The van der Waals surface area contributed by atoms with Crippen LogP contribution in [-0.2, 0) is 6.54 Å². The monoisotopic (exact) mass is 274 g/mol. The summed E-state index contributed by atoms with van der Waals surface area (Å²) in [5.41, 5.74) is 1.13. The molecule has 19 heavy (non-hydrogen) atoms. The predicted octanol–water partition coefficient (Wildman–Crippen LogP) is 3.27. The Morgan fingerprint density at radius 3 is 3.05 bits per heavy atom. The molecule has 3 rings (SSSR count). The van der Waals surface area contributed by atoms with E-state index >= 15 is 0 Å². The van der Waals surface area contributed by atoms with Gasteiger partial charge in [-0.15, -0.1) is 0 Å². The van der Waals surface area contributed by atoms with Crippen molar-refractivity contribution in [2.45, 2.75) is 19.5 Å². The number of thioether (sulfide) groups is 1. The van der Waals surface area contributed by atoms with Crippen LogP contribution >= 0.6 is 11.8 Å². The van der Waals surface area contributed by atoms with Crippen LogP contribution in [-0.4, -0.2) is 27.9 Å². The topological polar surface area (TPSA) is 29.3 Å². The number of aryl methyl sites for hydroxylation is 1. The van der Waals surface area contributed by atoms with Gasteiger partial charge in [0.2, 0.25) is 0 Å². The number of hydrogen-bond donors (Lipinski definition) is 0. The van der Waals surface area contributed by atoms with Gasteiger partial charge >= 0.3 is 0 Å². The third kappa shape index (κ3) is 3.01. The van der Waals surface area contributed by atoms with Gasteiger partial charge in [-0.2, -0.15) is 11.8 Å².